The lowest BCUT2D eigenvalue weighted by Crippen LogP contribution is -1.99. The van der Waals surface area contributed by atoms with Crippen LogP contribution in [0.25, 0.3) is 0 Å². The number of hydrazone groups is 2. The van der Waals surface area contributed by atoms with Crippen molar-refractivity contribution >= 4 is 44.0 Å². The fraction of sp³-hybridized carbons (Fsp3) is 0. The van der Waals surface area contributed by atoms with Crippen molar-refractivity contribution in [2.75, 3.05) is 10.9 Å². The summed E-state index contributed by atoms with van der Waals surface area (Å²) in [5.74, 6) is 0. The smallest absolute Gasteiger partial charge is 0.124 e. The van der Waals surface area contributed by atoms with Crippen LogP contribution in [-0.4, -0.2) is 38.4 Å². The maximum absolute atomic E-state index is 10.8. The van der Waals surface area contributed by atoms with Gasteiger partial charge in [0.2, 0.25) is 0 Å². The van der Waals surface area contributed by atoms with Gasteiger partial charge in [-0.1, -0.05) is 0 Å². The molecule has 0 saturated carbocycles. The minimum atomic E-state index is -4.49. The highest BCUT2D eigenvalue weighted by molar-refractivity contribution is 7.86. The monoisotopic (exact) mass is 396 g/mol. The van der Waals surface area contributed by atoms with Crippen molar-refractivity contribution in [3.8, 4) is 0 Å². The molecular formula is C14H12N4O6S2-2. The first kappa shape index (κ1) is 19.5. The number of benzene rings is 2. The molecule has 2 aromatic carbocycles. The van der Waals surface area contributed by atoms with Gasteiger partial charge in [-0.3, -0.25) is 10.9 Å². The molecule has 10 nitrogen and oxygen atoms in total. The van der Waals surface area contributed by atoms with E-state index in [9.17, 15) is 25.9 Å². The summed E-state index contributed by atoms with van der Waals surface area (Å²) in [4.78, 5) is -0.679. The zero-order chi connectivity index (χ0) is 19.2. The minimum Gasteiger partial charge on any atom is -0.744 e. The fourth-order valence-electron chi connectivity index (χ4n) is 1.68. The van der Waals surface area contributed by atoms with Gasteiger partial charge in [0.15, 0.2) is 0 Å². The van der Waals surface area contributed by atoms with Gasteiger partial charge in [0, 0.05) is 0 Å². The lowest BCUT2D eigenvalue weighted by atomic mass is 10.3. The lowest BCUT2D eigenvalue weighted by Gasteiger charge is -2.07. The van der Waals surface area contributed by atoms with Crippen molar-refractivity contribution in [1.29, 1.82) is 0 Å². The summed E-state index contributed by atoms with van der Waals surface area (Å²) in [6.45, 7) is 0. The van der Waals surface area contributed by atoms with E-state index in [0.717, 1.165) is 24.3 Å². The van der Waals surface area contributed by atoms with Crippen LogP contribution >= 0.6 is 0 Å². The number of rotatable bonds is 7. The van der Waals surface area contributed by atoms with E-state index >= 15 is 0 Å². The molecule has 0 heterocycles. The van der Waals surface area contributed by atoms with Crippen LogP contribution in [0.2, 0.25) is 0 Å². The Morgan fingerprint density at radius 2 is 0.962 bits per heavy atom. The van der Waals surface area contributed by atoms with Gasteiger partial charge in [-0.2, -0.15) is 10.2 Å². The van der Waals surface area contributed by atoms with E-state index in [-0.39, 0.29) is 9.79 Å². The Labute approximate surface area is 149 Å². The summed E-state index contributed by atoms with van der Waals surface area (Å²) < 4.78 is 64.7. The lowest BCUT2D eigenvalue weighted by molar-refractivity contribution is 0.461. The van der Waals surface area contributed by atoms with E-state index < -0.39 is 20.2 Å². The van der Waals surface area contributed by atoms with Gasteiger partial charge in [-0.05, 0) is 48.5 Å². The van der Waals surface area contributed by atoms with Crippen molar-refractivity contribution in [3.63, 3.8) is 0 Å². The zero-order valence-electron chi connectivity index (χ0n) is 12.9. The molecule has 138 valence electrons. The Morgan fingerprint density at radius 1 is 0.654 bits per heavy atom. The predicted molar refractivity (Wildman–Crippen MR) is 93.0 cm³/mol. The van der Waals surface area contributed by atoms with Gasteiger partial charge < -0.3 is 9.11 Å². The van der Waals surface area contributed by atoms with E-state index in [0.29, 0.717) is 11.4 Å². The molecule has 0 aliphatic carbocycles. The summed E-state index contributed by atoms with van der Waals surface area (Å²) in [6.07, 6.45) is 2.59. The summed E-state index contributed by atoms with van der Waals surface area (Å²) >= 11 is 0. The first-order valence-electron chi connectivity index (χ1n) is 6.85. The Bertz CT molecular complexity index is 929. The van der Waals surface area contributed by atoms with Gasteiger partial charge in [0.1, 0.15) is 20.2 Å². The first-order chi connectivity index (χ1) is 12.2. The van der Waals surface area contributed by atoms with Crippen LogP contribution in [0.5, 0.6) is 0 Å². The van der Waals surface area contributed by atoms with Crippen molar-refractivity contribution in [3.05, 3.63) is 48.5 Å². The van der Waals surface area contributed by atoms with Crippen molar-refractivity contribution in [2.45, 2.75) is 9.79 Å². The van der Waals surface area contributed by atoms with E-state index in [1.807, 2.05) is 0 Å². The second-order valence-electron chi connectivity index (χ2n) is 4.74. The van der Waals surface area contributed by atoms with E-state index in [4.69, 9.17) is 0 Å². The molecular weight excluding hydrogens is 384 g/mol. The molecule has 0 radical (unpaired) electrons. The molecule has 0 spiro atoms. The average molecular weight is 396 g/mol. The summed E-state index contributed by atoms with van der Waals surface area (Å²) in [7, 11) is -8.97. The highest BCUT2D eigenvalue weighted by atomic mass is 32.2. The van der Waals surface area contributed by atoms with Crippen LogP contribution in [0.1, 0.15) is 0 Å². The van der Waals surface area contributed by atoms with E-state index in [2.05, 4.69) is 21.1 Å². The molecule has 12 heteroatoms. The molecule has 0 amide bonds. The predicted octanol–water partition coefficient (Wildman–Crippen LogP) is 0.990. The third-order valence-electron chi connectivity index (χ3n) is 2.89. The molecule has 0 bridgehead atoms. The van der Waals surface area contributed by atoms with Crippen LogP contribution < -0.4 is 10.9 Å². The van der Waals surface area contributed by atoms with Crippen LogP contribution in [0.3, 0.4) is 0 Å². The van der Waals surface area contributed by atoms with E-state index in [1.165, 1.54) is 36.7 Å². The largest absolute Gasteiger partial charge is 0.744 e. The molecule has 0 aromatic heterocycles. The first-order valence-corrected chi connectivity index (χ1v) is 9.66. The molecule has 0 saturated heterocycles. The number of hydrogen-bond acceptors (Lipinski definition) is 10. The normalized spacial score (nSPS) is 12.5. The van der Waals surface area contributed by atoms with E-state index in [1.54, 1.807) is 0 Å². The molecule has 0 unspecified atom stereocenters. The SMILES string of the molecule is O=S(=O)([O-])c1ccc(NN=CC=NNc2ccc(S(=O)(=O)[O-])cc2)cc1. The topological polar surface area (TPSA) is 163 Å². The van der Waals surface area contributed by atoms with Gasteiger partial charge in [-0.25, -0.2) is 16.8 Å². The number of anilines is 2. The van der Waals surface area contributed by atoms with Crippen molar-refractivity contribution in [1.82, 2.24) is 0 Å². The Kier molecular flexibility index (Phi) is 6.05. The van der Waals surface area contributed by atoms with Crippen molar-refractivity contribution < 1.29 is 25.9 Å². The van der Waals surface area contributed by atoms with Crippen LogP contribution in [-0.2, 0) is 20.2 Å². The van der Waals surface area contributed by atoms with Gasteiger partial charge in [-0.15, -0.1) is 0 Å². The van der Waals surface area contributed by atoms with Crippen LogP contribution in [0.4, 0.5) is 11.4 Å². The molecule has 2 aromatic rings. The zero-order valence-corrected chi connectivity index (χ0v) is 14.6. The van der Waals surface area contributed by atoms with Gasteiger partial charge in [0.05, 0.1) is 33.6 Å². The summed E-state index contributed by atoms with van der Waals surface area (Å²) in [5.41, 5.74) is 6.12. The highest BCUT2D eigenvalue weighted by Gasteiger charge is 2.00. The van der Waals surface area contributed by atoms with Gasteiger partial charge >= 0.3 is 0 Å². The highest BCUT2D eigenvalue weighted by Crippen LogP contribution is 2.14. The quantitative estimate of drug-likeness (QED) is 0.397. The molecule has 0 aliphatic rings. The molecule has 0 atom stereocenters. The van der Waals surface area contributed by atoms with Crippen LogP contribution in [0, 0.1) is 0 Å². The Hall–Kier alpha value is -2.80. The average Bonchev–Trinajstić information content (AvgIpc) is 2.57. The fourth-order valence-corrected chi connectivity index (χ4v) is 2.62. The summed E-state index contributed by atoms with van der Waals surface area (Å²) in [6, 6.07) is 10.1. The summed E-state index contributed by atoms with van der Waals surface area (Å²) in [5, 5.41) is 7.60. The molecule has 0 fully saturated rings. The number of hydrogen-bond donors (Lipinski definition) is 2. The number of nitrogens with one attached hydrogen (secondary N) is 2. The third-order valence-corrected chi connectivity index (χ3v) is 4.59. The third kappa shape index (κ3) is 5.93. The molecule has 2 N–H and O–H groups in total. The maximum Gasteiger partial charge on any atom is 0.124 e. The van der Waals surface area contributed by atoms with Gasteiger partial charge in [0.25, 0.3) is 0 Å². The number of nitrogens with zero attached hydrogens (tertiary/aromatic N) is 2. The maximum atomic E-state index is 10.8. The Balaban J connectivity index is 1.85. The second-order valence-corrected chi connectivity index (χ2v) is 7.50. The van der Waals surface area contributed by atoms with Crippen molar-refractivity contribution in [2.24, 2.45) is 10.2 Å². The standard InChI is InChI=1S/C14H14N4O6S2/c19-25(20,21)13-5-1-11(2-6-13)17-15-9-10-16-18-12-3-7-14(8-4-12)26(22,23)24/h1-10,17-18H,(H,19,20,21)(H,22,23,24)/p-2. The molecule has 26 heavy (non-hydrogen) atoms. The molecule has 0 aliphatic heterocycles. The second kappa shape index (κ2) is 8.05. The molecule has 2 rings (SSSR count). The van der Waals surface area contributed by atoms with Crippen LogP contribution in [0.15, 0.2) is 68.5 Å². The Morgan fingerprint density at radius 3 is 1.23 bits per heavy atom. The minimum absolute atomic E-state index is 0.339.